The molecule has 0 radical (unpaired) electrons. The Hall–Kier alpha value is -2.79. The molecule has 0 amide bonds. The highest BCUT2D eigenvalue weighted by Gasteiger charge is 2.26. The average molecular weight is 393 g/mol. The van der Waals surface area contributed by atoms with Crippen LogP contribution in [0.4, 0.5) is 0 Å². The molecule has 0 unspecified atom stereocenters. The molecule has 2 heterocycles. The van der Waals surface area contributed by atoms with Crippen LogP contribution in [-0.4, -0.2) is 37.7 Å². The van der Waals surface area contributed by atoms with Crippen LogP contribution in [0, 0.1) is 0 Å². The Morgan fingerprint density at radius 1 is 1.10 bits per heavy atom. The zero-order valence-electron chi connectivity index (χ0n) is 17.1. The van der Waals surface area contributed by atoms with Crippen LogP contribution < -0.4 is 4.74 Å². The van der Waals surface area contributed by atoms with Gasteiger partial charge in [-0.1, -0.05) is 36.8 Å². The Morgan fingerprint density at radius 2 is 1.86 bits per heavy atom. The molecule has 0 aliphatic carbocycles. The van der Waals surface area contributed by atoms with E-state index < -0.39 is 5.97 Å². The van der Waals surface area contributed by atoms with E-state index in [0.717, 1.165) is 30.8 Å². The van der Waals surface area contributed by atoms with E-state index in [2.05, 4.69) is 4.90 Å². The summed E-state index contributed by atoms with van der Waals surface area (Å²) in [4.78, 5) is 15.3. The van der Waals surface area contributed by atoms with Crippen LogP contribution in [0.15, 0.2) is 46.9 Å². The summed E-state index contributed by atoms with van der Waals surface area (Å²) in [6, 6.07) is 13.7. The monoisotopic (exact) mass is 393 g/mol. The van der Waals surface area contributed by atoms with Crippen molar-refractivity contribution in [3.63, 3.8) is 0 Å². The zero-order valence-corrected chi connectivity index (χ0v) is 17.1. The Labute approximate surface area is 171 Å². The molecule has 2 aromatic carbocycles. The smallest absolute Gasteiger partial charge is 0.342 e. The van der Waals surface area contributed by atoms with Crippen molar-refractivity contribution in [1.29, 1.82) is 0 Å². The lowest BCUT2D eigenvalue weighted by Crippen LogP contribution is -2.29. The maximum Gasteiger partial charge on any atom is 0.342 e. The van der Waals surface area contributed by atoms with Crippen LogP contribution in [0.1, 0.15) is 42.1 Å². The number of fused-ring (bicyclic) bond motifs is 1. The number of carbonyl (C=O) groups excluding carboxylic acids is 1. The predicted molar refractivity (Wildman–Crippen MR) is 113 cm³/mol. The number of piperidine rings is 1. The topological polar surface area (TPSA) is 51.9 Å². The van der Waals surface area contributed by atoms with Gasteiger partial charge in [0.05, 0.1) is 19.1 Å². The summed E-state index contributed by atoms with van der Waals surface area (Å²) in [5.41, 5.74) is 3.04. The fourth-order valence-electron chi connectivity index (χ4n) is 4.06. The molecule has 1 aliphatic heterocycles. The number of furan rings is 1. The van der Waals surface area contributed by atoms with Crippen molar-refractivity contribution in [2.75, 3.05) is 26.8 Å². The first-order valence-corrected chi connectivity index (χ1v) is 10.3. The van der Waals surface area contributed by atoms with Gasteiger partial charge >= 0.3 is 5.97 Å². The number of methoxy groups -OCH3 is 1. The molecule has 0 N–H and O–H groups in total. The third kappa shape index (κ3) is 4.01. The van der Waals surface area contributed by atoms with Crippen LogP contribution in [0.2, 0.25) is 0 Å². The molecule has 0 atom stereocenters. The van der Waals surface area contributed by atoms with Crippen molar-refractivity contribution < 1.29 is 18.7 Å². The van der Waals surface area contributed by atoms with Gasteiger partial charge in [0.2, 0.25) is 0 Å². The first-order chi connectivity index (χ1) is 14.2. The van der Waals surface area contributed by atoms with Crippen molar-refractivity contribution in [3.8, 4) is 17.1 Å². The van der Waals surface area contributed by atoms with Crippen molar-refractivity contribution >= 4 is 16.9 Å². The highest BCUT2D eigenvalue weighted by molar-refractivity contribution is 6.11. The molecule has 152 valence electrons. The Kier molecular flexibility index (Phi) is 5.86. The SMILES string of the molecule is CCOC(=O)c1c(-c2ccccc2)oc2cc(CN3CCCCC3)cc(OC)c12. The highest BCUT2D eigenvalue weighted by atomic mass is 16.5. The lowest BCUT2D eigenvalue weighted by atomic mass is 10.0. The maximum atomic E-state index is 12.8. The van der Waals surface area contributed by atoms with E-state index in [-0.39, 0.29) is 0 Å². The summed E-state index contributed by atoms with van der Waals surface area (Å²) in [6.07, 6.45) is 3.79. The van der Waals surface area contributed by atoms with Crippen molar-refractivity contribution in [3.05, 3.63) is 53.6 Å². The van der Waals surface area contributed by atoms with Crippen molar-refractivity contribution in [2.45, 2.75) is 32.7 Å². The van der Waals surface area contributed by atoms with Crippen LogP contribution >= 0.6 is 0 Å². The molecule has 0 saturated carbocycles. The largest absolute Gasteiger partial charge is 0.496 e. The van der Waals surface area contributed by atoms with Crippen molar-refractivity contribution in [2.24, 2.45) is 0 Å². The minimum Gasteiger partial charge on any atom is -0.496 e. The molecule has 3 aromatic rings. The number of hydrogen-bond acceptors (Lipinski definition) is 5. The lowest BCUT2D eigenvalue weighted by Gasteiger charge is -2.26. The normalized spacial score (nSPS) is 14.8. The van der Waals surface area contributed by atoms with E-state index in [4.69, 9.17) is 13.9 Å². The maximum absolute atomic E-state index is 12.8. The standard InChI is InChI=1S/C24H27NO4/c1-3-28-24(26)22-21-19(27-2)14-17(16-25-12-8-5-9-13-25)15-20(21)29-23(22)18-10-6-4-7-11-18/h4,6-7,10-11,14-15H,3,5,8-9,12-13,16H2,1-2H3. The minimum atomic E-state index is -0.396. The van der Waals surface area contributed by atoms with Gasteiger partial charge in [0.25, 0.3) is 0 Å². The molecule has 4 rings (SSSR count). The average Bonchev–Trinajstić information content (AvgIpc) is 3.14. The number of carbonyl (C=O) groups is 1. The van der Waals surface area contributed by atoms with Gasteiger partial charge in [0.15, 0.2) is 0 Å². The van der Waals surface area contributed by atoms with E-state index in [9.17, 15) is 4.79 Å². The Bertz CT molecular complexity index is 987. The van der Waals surface area contributed by atoms with Gasteiger partial charge in [-0.15, -0.1) is 0 Å². The van der Waals surface area contributed by atoms with Gasteiger partial charge < -0.3 is 13.9 Å². The number of rotatable bonds is 6. The van der Waals surface area contributed by atoms with Crippen molar-refractivity contribution in [1.82, 2.24) is 4.90 Å². The summed E-state index contributed by atoms with van der Waals surface area (Å²) < 4.78 is 17.3. The lowest BCUT2D eigenvalue weighted by molar-refractivity contribution is 0.0528. The fraction of sp³-hybridized carbons (Fsp3) is 0.375. The van der Waals surface area contributed by atoms with Gasteiger partial charge in [-0.3, -0.25) is 4.90 Å². The van der Waals surface area contributed by atoms with Gasteiger partial charge in [0, 0.05) is 12.1 Å². The summed E-state index contributed by atoms with van der Waals surface area (Å²) >= 11 is 0. The predicted octanol–water partition coefficient (Wildman–Crippen LogP) is 5.27. The molecule has 5 heteroatoms. The molecule has 1 saturated heterocycles. The first kappa shape index (κ1) is 19.5. The highest BCUT2D eigenvalue weighted by Crippen LogP contribution is 2.40. The number of likely N-dealkylation sites (tertiary alicyclic amines) is 1. The van der Waals surface area contributed by atoms with E-state index in [1.165, 1.54) is 19.3 Å². The molecular weight excluding hydrogens is 366 g/mol. The number of esters is 1. The quantitative estimate of drug-likeness (QED) is 0.534. The third-order valence-electron chi connectivity index (χ3n) is 5.41. The van der Waals surface area contributed by atoms with Crippen LogP contribution in [-0.2, 0) is 11.3 Å². The number of nitrogens with zero attached hydrogens (tertiary/aromatic N) is 1. The van der Waals surface area contributed by atoms with E-state index in [1.54, 1.807) is 14.0 Å². The summed E-state index contributed by atoms with van der Waals surface area (Å²) in [7, 11) is 1.63. The summed E-state index contributed by atoms with van der Waals surface area (Å²) in [5, 5.41) is 0.673. The van der Waals surface area contributed by atoms with E-state index in [0.29, 0.717) is 34.6 Å². The molecule has 0 spiro atoms. The number of benzene rings is 2. The molecule has 29 heavy (non-hydrogen) atoms. The van der Waals surface area contributed by atoms with Gasteiger partial charge in [-0.05, 0) is 50.6 Å². The summed E-state index contributed by atoms with van der Waals surface area (Å²) in [5.74, 6) is 0.767. The molecular formula is C24H27NO4. The van der Waals surface area contributed by atoms with Gasteiger partial charge in [-0.25, -0.2) is 4.79 Å². The minimum absolute atomic E-state index is 0.301. The van der Waals surface area contributed by atoms with E-state index in [1.807, 2.05) is 42.5 Å². The zero-order chi connectivity index (χ0) is 20.2. The number of hydrogen-bond donors (Lipinski definition) is 0. The Balaban J connectivity index is 1.84. The molecule has 5 nitrogen and oxygen atoms in total. The molecule has 1 aromatic heterocycles. The van der Waals surface area contributed by atoms with Gasteiger partial charge in [-0.2, -0.15) is 0 Å². The second kappa shape index (κ2) is 8.70. The fourth-order valence-corrected chi connectivity index (χ4v) is 4.06. The Morgan fingerprint density at radius 3 is 2.55 bits per heavy atom. The third-order valence-corrected chi connectivity index (χ3v) is 5.41. The molecule has 0 bridgehead atoms. The van der Waals surface area contributed by atoms with E-state index >= 15 is 0 Å². The van der Waals surface area contributed by atoms with Crippen LogP contribution in [0.3, 0.4) is 0 Å². The van der Waals surface area contributed by atoms with Crippen LogP contribution in [0.25, 0.3) is 22.3 Å². The van der Waals surface area contributed by atoms with Gasteiger partial charge in [0.1, 0.15) is 22.7 Å². The molecule has 1 aliphatic rings. The first-order valence-electron chi connectivity index (χ1n) is 10.3. The second-order valence-electron chi connectivity index (χ2n) is 7.40. The summed E-state index contributed by atoms with van der Waals surface area (Å²) in [6.45, 7) is 5.18. The number of ether oxygens (including phenoxy) is 2. The van der Waals surface area contributed by atoms with Crippen LogP contribution in [0.5, 0.6) is 5.75 Å². The molecule has 1 fully saturated rings. The second-order valence-corrected chi connectivity index (χ2v) is 7.40.